The lowest BCUT2D eigenvalue weighted by Gasteiger charge is -2.10. The Labute approximate surface area is 136 Å². The van der Waals surface area contributed by atoms with Crippen LogP contribution in [0, 0.1) is 0 Å². The summed E-state index contributed by atoms with van der Waals surface area (Å²) in [5.74, 6) is 0. The second kappa shape index (κ2) is 6.58. The molecule has 0 aliphatic heterocycles. The van der Waals surface area contributed by atoms with E-state index in [9.17, 15) is 4.79 Å². The number of hydrogen-bond acceptors (Lipinski definition) is 3. The largest absolute Gasteiger partial charge is 0.444 e. The molecule has 0 bridgehead atoms. The molecule has 1 heterocycles. The number of anilines is 1. The maximum Gasteiger partial charge on any atom is 0.412 e. The highest BCUT2D eigenvalue weighted by Crippen LogP contribution is 2.28. The fourth-order valence-electron chi connectivity index (χ4n) is 2.11. The van der Waals surface area contributed by atoms with Gasteiger partial charge in [-0.3, -0.25) is 10.3 Å². The van der Waals surface area contributed by atoms with Crippen LogP contribution in [-0.4, -0.2) is 11.1 Å². The van der Waals surface area contributed by atoms with Crippen LogP contribution in [0.1, 0.15) is 5.56 Å². The fraction of sp³-hybridized carbons (Fsp3) is 0.0588. The number of carbonyl (C=O) groups is 1. The molecule has 0 radical (unpaired) electrons. The minimum Gasteiger partial charge on any atom is -0.444 e. The second-order valence-corrected chi connectivity index (χ2v) is 5.54. The highest BCUT2D eigenvalue weighted by molar-refractivity contribution is 9.10. The molecule has 3 rings (SSSR count). The molecular formula is C17H13BrN2O2. The predicted molar refractivity (Wildman–Crippen MR) is 89.7 cm³/mol. The number of ether oxygens (including phenoxy) is 1. The summed E-state index contributed by atoms with van der Waals surface area (Å²) >= 11 is 3.47. The van der Waals surface area contributed by atoms with Gasteiger partial charge in [-0.15, -0.1) is 0 Å². The zero-order valence-electron chi connectivity index (χ0n) is 11.6. The standard InChI is InChI=1S/C17H13BrN2O2/c18-14-8-9-15(16-13(14)7-4-10-19-16)20-17(21)22-11-12-5-2-1-3-6-12/h1-10H,11H2,(H,20,21). The number of amides is 1. The summed E-state index contributed by atoms with van der Waals surface area (Å²) in [5, 5.41) is 3.67. The Morgan fingerprint density at radius 3 is 2.73 bits per heavy atom. The number of carbonyl (C=O) groups excluding carboxylic acids is 1. The van der Waals surface area contributed by atoms with Crippen molar-refractivity contribution in [3.8, 4) is 0 Å². The molecule has 0 spiro atoms. The first-order chi connectivity index (χ1) is 10.7. The van der Waals surface area contributed by atoms with Crippen molar-refractivity contribution in [2.75, 3.05) is 5.32 Å². The van der Waals surface area contributed by atoms with E-state index >= 15 is 0 Å². The Kier molecular flexibility index (Phi) is 4.34. The topological polar surface area (TPSA) is 51.2 Å². The molecule has 2 aromatic carbocycles. The number of halogens is 1. The van der Waals surface area contributed by atoms with E-state index in [1.54, 1.807) is 12.3 Å². The van der Waals surface area contributed by atoms with E-state index in [1.807, 2.05) is 48.5 Å². The molecule has 0 unspecified atom stereocenters. The Morgan fingerprint density at radius 2 is 1.91 bits per heavy atom. The minimum absolute atomic E-state index is 0.231. The molecule has 1 amide bonds. The first kappa shape index (κ1) is 14.5. The highest BCUT2D eigenvalue weighted by atomic mass is 79.9. The monoisotopic (exact) mass is 356 g/mol. The van der Waals surface area contributed by atoms with Gasteiger partial charge >= 0.3 is 6.09 Å². The van der Waals surface area contributed by atoms with Crippen LogP contribution in [0.15, 0.2) is 65.3 Å². The van der Waals surface area contributed by atoms with E-state index in [0.717, 1.165) is 15.4 Å². The average Bonchev–Trinajstić information content (AvgIpc) is 2.57. The summed E-state index contributed by atoms with van der Waals surface area (Å²) in [6.07, 6.45) is 1.19. The van der Waals surface area contributed by atoms with Gasteiger partial charge < -0.3 is 4.74 Å². The van der Waals surface area contributed by atoms with Gasteiger partial charge in [0.15, 0.2) is 0 Å². The van der Waals surface area contributed by atoms with Crippen molar-refractivity contribution in [2.24, 2.45) is 0 Å². The molecule has 0 fully saturated rings. The van der Waals surface area contributed by atoms with Gasteiger partial charge in [0.25, 0.3) is 0 Å². The van der Waals surface area contributed by atoms with E-state index in [0.29, 0.717) is 11.2 Å². The summed E-state index contributed by atoms with van der Waals surface area (Å²) in [6.45, 7) is 0.231. The third kappa shape index (κ3) is 3.26. The number of fused-ring (bicyclic) bond motifs is 1. The van der Waals surface area contributed by atoms with E-state index in [4.69, 9.17) is 4.74 Å². The fourth-order valence-corrected chi connectivity index (χ4v) is 2.56. The summed E-state index contributed by atoms with van der Waals surface area (Å²) in [4.78, 5) is 16.3. The molecule has 1 aromatic heterocycles. The summed E-state index contributed by atoms with van der Waals surface area (Å²) < 4.78 is 6.15. The van der Waals surface area contributed by atoms with Crippen LogP contribution in [-0.2, 0) is 11.3 Å². The summed E-state index contributed by atoms with van der Waals surface area (Å²) in [7, 11) is 0. The molecule has 3 aromatic rings. The number of benzene rings is 2. The van der Waals surface area contributed by atoms with Crippen LogP contribution < -0.4 is 5.32 Å². The van der Waals surface area contributed by atoms with Gasteiger partial charge in [-0.05, 0) is 23.8 Å². The molecule has 22 heavy (non-hydrogen) atoms. The molecule has 0 saturated carbocycles. The van der Waals surface area contributed by atoms with Gasteiger partial charge in [-0.2, -0.15) is 0 Å². The number of rotatable bonds is 3. The van der Waals surface area contributed by atoms with Crippen molar-refractivity contribution in [2.45, 2.75) is 6.61 Å². The lowest BCUT2D eigenvalue weighted by atomic mass is 10.2. The zero-order valence-corrected chi connectivity index (χ0v) is 13.2. The van der Waals surface area contributed by atoms with Crippen LogP contribution in [0.3, 0.4) is 0 Å². The molecule has 0 atom stereocenters. The van der Waals surface area contributed by atoms with Gasteiger partial charge in [0.05, 0.1) is 11.2 Å². The third-order valence-electron chi connectivity index (χ3n) is 3.17. The molecule has 110 valence electrons. The van der Waals surface area contributed by atoms with Gasteiger partial charge in [0.1, 0.15) is 6.61 Å². The lowest BCUT2D eigenvalue weighted by molar-refractivity contribution is 0.155. The SMILES string of the molecule is O=C(Nc1ccc(Br)c2cccnc12)OCc1ccccc1. The quantitative estimate of drug-likeness (QED) is 0.736. The van der Waals surface area contributed by atoms with Gasteiger partial charge in [-0.25, -0.2) is 4.79 Å². The van der Waals surface area contributed by atoms with E-state index in [1.165, 1.54) is 0 Å². The Hall–Kier alpha value is -2.40. The van der Waals surface area contributed by atoms with E-state index in [2.05, 4.69) is 26.2 Å². The van der Waals surface area contributed by atoms with Crippen LogP contribution in [0.4, 0.5) is 10.5 Å². The van der Waals surface area contributed by atoms with Crippen molar-refractivity contribution < 1.29 is 9.53 Å². The van der Waals surface area contributed by atoms with Crippen LogP contribution >= 0.6 is 15.9 Å². The first-order valence-corrected chi connectivity index (χ1v) is 7.54. The Balaban J connectivity index is 1.73. The number of nitrogens with zero attached hydrogens (tertiary/aromatic N) is 1. The Morgan fingerprint density at radius 1 is 1.09 bits per heavy atom. The molecule has 4 nitrogen and oxygen atoms in total. The molecule has 0 aliphatic carbocycles. The third-order valence-corrected chi connectivity index (χ3v) is 3.86. The zero-order chi connectivity index (χ0) is 15.4. The molecular weight excluding hydrogens is 344 g/mol. The second-order valence-electron chi connectivity index (χ2n) is 4.68. The molecule has 5 heteroatoms. The van der Waals surface area contributed by atoms with E-state index in [-0.39, 0.29) is 6.61 Å². The average molecular weight is 357 g/mol. The van der Waals surface area contributed by atoms with Crippen LogP contribution in [0.25, 0.3) is 10.9 Å². The maximum absolute atomic E-state index is 11.9. The number of pyridine rings is 1. The number of hydrogen-bond donors (Lipinski definition) is 1. The van der Waals surface area contributed by atoms with Crippen LogP contribution in [0.5, 0.6) is 0 Å². The highest BCUT2D eigenvalue weighted by Gasteiger charge is 2.09. The number of aromatic nitrogens is 1. The van der Waals surface area contributed by atoms with Gasteiger partial charge in [-0.1, -0.05) is 52.3 Å². The lowest BCUT2D eigenvalue weighted by Crippen LogP contribution is -2.14. The smallest absolute Gasteiger partial charge is 0.412 e. The van der Waals surface area contributed by atoms with Crippen LogP contribution in [0.2, 0.25) is 0 Å². The summed E-state index contributed by atoms with van der Waals surface area (Å²) in [6, 6.07) is 17.0. The van der Waals surface area contributed by atoms with E-state index < -0.39 is 6.09 Å². The Bertz CT molecular complexity index is 806. The van der Waals surface area contributed by atoms with Crippen molar-refractivity contribution in [3.05, 3.63) is 70.8 Å². The maximum atomic E-state index is 11.9. The van der Waals surface area contributed by atoms with Crippen molar-refractivity contribution in [1.29, 1.82) is 0 Å². The predicted octanol–water partition coefficient (Wildman–Crippen LogP) is 4.75. The summed E-state index contributed by atoms with van der Waals surface area (Å²) in [5.41, 5.74) is 2.28. The van der Waals surface area contributed by atoms with Crippen molar-refractivity contribution >= 4 is 38.6 Å². The minimum atomic E-state index is -0.502. The molecule has 1 N–H and O–H groups in total. The van der Waals surface area contributed by atoms with Gasteiger partial charge in [0.2, 0.25) is 0 Å². The number of nitrogens with one attached hydrogen (secondary N) is 1. The normalized spacial score (nSPS) is 10.4. The van der Waals surface area contributed by atoms with Gasteiger partial charge in [0, 0.05) is 16.1 Å². The first-order valence-electron chi connectivity index (χ1n) is 6.75. The molecule has 0 aliphatic rings. The van der Waals surface area contributed by atoms with Crippen molar-refractivity contribution in [3.63, 3.8) is 0 Å². The molecule has 0 saturated heterocycles. The van der Waals surface area contributed by atoms with Crippen molar-refractivity contribution in [1.82, 2.24) is 4.98 Å².